The van der Waals surface area contributed by atoms with E-state index in [1.807, 2.05) is 6.20 Å². The topological polar surface area (TPSA) is 16.1 Å². The first-order valence-electron chi connectivity index (χ1n) is 7.48. The van der Waals surface area contributed by atoms with Gasteiger partial charge >= 0.3 is 0 Å². The van der Waals surface area contributed by atoms with Crippen molar-refractivity contribution in [2.45, 2.75) is 19.9 Å². The third kappa shape index (κ3) is 2.17. The molecule has 0 saturated carbocycles. The molecule has 0 N–H and O–H groups in total. The molecule has 1 aromatic heterocycles. The van der Waals surface area contributed by atoms with Crippen LogP contribution in [0.25, 0.3) is 10.9 Å². The predicted octanol–water partition coefficient (Wildman–Crippen LogP) is 4.11. The Labute approximate surface area is 125 Å². The van der Waals surface area contributed by atoms with Gasteiger partial charge in [0.2, 0.25) is 0 Å². The lowest BCUT2D eigenvalue weighted by molar-refractivity contribution is 0.734. The molecule has 0 radical (unpaired) electrons. The van der Waals surface area contributed by atoms with Crippen molar-refractivity contribution in [2.24, 2.45) is 0 Å². The van der Waals surface area contributed by atoms with Crippen LogP contribution in [-0.2, 0) is 13.0 Å². The molecule has 0 atom stereocenters. The summed E-state index contributed by atoms with van der Waals surface area (Å²) in [7, 11) is 0. The van der Waals surface area contributed by atoms with Crippen LogP contribution in [0.4, 0.5) is 5.69 Å². The van der Waals surface area contributed by atoms with Crippen LogP contribution in [0.5, 0.6) is 0 Å². The SMILES string of the molecule is Cc1ccc2c(N3CCc4ccccc4C3)ccnc2c1. The predicted molar refractivity (Wildman–Crippen MR) is 87.7 cm³/mol. The third-order valence-electron chi connectivity index (χ3n) is 4.35. The Kier molecular flexibility index (Phi) is 2.88. The van der Waals surface area contributed by atoms with Gasteiger partial charge in [0.15, 0.2) is 0 Å². The number of aryl methyl sites for hydroxylation is 1. The molecule has 0 spiro atoms. The van der Waals surface area contributed by atoms with E-state index >= 15 is 0 Å². The number of pyridine rings is 1. The number of nitrogens with zero attached hydrogens (tertiary/aromatic N) is 2. The second kappa shape index (κ2) is 4.88. The third-order valence-corrected chi connectivity index (χ3v) is 4.35. The summed E-state index contributed by atoms with van der Waals surface area (Å²) >= 11 is 0. The fourth-order valence-corrected chi connectivity index (χ4v) is 3.22. The summed E-state index contributed by atoms with van der Waals surface area (Å²) < 4.78 is 0. The molecule has 1 aliphatic rings. The molecule has 0 saturated heterocycles. The van der Waals surface area contributed by atoms with Crippen LogP contribution >= 0.6 is 0 Å². The molecule has 2 heterocycles. The molecule has 3 aromatic rings. The number of hydrogen-bond acceptors (Lipinski definition) is 2. The summed E-state index contributed by atoms with van der Waals surface area (Å²) in [5.41, 5.74) is 6.58. The van der Waals surface area contributed by atoms with Crippen LogP contribution in [0.3, 0.4) is 0 Å². The highest BCUT2D eigenvalue weighted by molar-refractivity contribution is 5.92. The quantitative estimate of drug-likeness (QED) is 0.664. The van der Waals surface area contributed by atoms with E-state index in [9.17, 15) is 0 Å². The Bertz CT molecular complexity index is 808. The first-order chi connectivity index (χ1) is 10.3. The fraction of sp³-hybridized carbons (Fsp3) is 0.211. The number of fused-ring (bicyclic) bond motifs is 2. The lowest BCUT2D eigenvalue weighted by Gasteiger charge is -2.31. The smallest absolute Gasteiger partial charge is 0.0725 e. The van der Waals surface area contributed by atoms with E-state index in [1.165, 1.54) is 27.8 Å². The van der Waals surface area contributed by atoms with Crippen LogP contribution in [0.2, 0.25) is 0 Å². The average molecular weight is 274 g/mol. The van der Waals surface area contributed by atoms with Crippen LogP contribution in [0, 0.1) is 6.92 Å². The van der Waals surface area contributed by atoms with Crippen LogP contribution < -0.4 is 4.90 Å². The minimum Gasteiger partial charge on any atom is -0.366 e. The van der Waals surface area contributed by atoms with E-state index in [1.54, 1.807) is 0 Å². The van der Waals surface area contributed by atoms with Crippen LogP contribution in [0.15, 0.2) is 54.7 Å². The molecule has 1 aliphatic heterocycles. The monoisotopic (exact) mass is 274 g/mol. The second-order valence-corrected chi connectivity index (χ2v) is 5.79. The summed E-state index contributed by atoms with van der Waals surface area (Å²) in [6, 6.07) is 17.5. The Morgan fingerprint density at radius 2 is 1.86 bits per heavy atom. The Hall–Kier alpha value is -2.35. The summed E-state index contributed by atoms with van der Waals surface area (Å²) in [4.78, 5) is 6.99. The molecule has 2 nitrogen and oxygen atoms in total. The van der Waals surface area contributed by atoms with Gasteiger partial charge in [0.1, 0.15) is 0 Å². The average Bonchev–Trinajstić information content (AvgIpc) is 2.53. The van der Waals surface area contributed by atoms with Crippen molar-refractivity contribution in [1.82, 2.24) is 4.98 Å². The lowest BCUT2D eigenvalue weighted by atomic mass is 9.99. The second-order valence-electron chi connectivity index (χ2n) is 5.79. The van der Waals surface area contributed by atoms with Crippen molar-refractivity contribution in [3.8, 4) is 0 Å². The summed E-state index contributed by atoms with van der Waals surface area (Å²) in [5.74, 6) is 0. The first kappa shape index (κ1) is 12.4. The van der Waals surface area contributed by atoms with Crippen molar-refractivity contribution in [2.75, 3.05) is 11.4 Å². The number of aromatic nitrogens is 1. The zero-order valence-electron chi connectivity index (χ0n) is 12.2. The number of rotatable bonds is 1. The maximum atomic E-state index is 4.52. The van der Waals surface area contributed by atoms with Gasteiger partial charge in [0.05, 0.1) is 5.52 Å². The van der Waals surface area contributed by atoms with Crippen LogP contribution in [-0.4, -0.2) is 11.5 Å². The van der Waals surface area contributed by atoms with E-state index in [0.717, 1.165) is 25.0 Å². The standard InChI is InChI=1S/C19H18N2/c1-14-6-7-17-18(12-14)20-10-8-19(17)21-11-9-15-4-2-3-5-16(15)13-21/h2-8,10,12H,9,11,13H2,1H3. The first-order valence-corrected chi connectivity index (χ1v) is 7.48. The molecule has 4 rings (SSSR count). The molecule has 0 fully saturated rings. The van der Waals surface area contributed by atoms with Gasteiger partial charge in [-0.1, -0.05) is 36.4 Å². The molecular weight excluding hydrogens is 256 g/mol. The molecule has 104 valence electrons. The maximum Gasteiger partial charge on any atom is 0.0725 e. The highest BCUT2D eigenvalue weighted by atomic mass is 15.1. The highest BCUT2D eigenvalue weighted by Crippen LogP contribution is 2.30. The van der Waals surface area contributed by atoms with Gasteiger partial charge in [0, 0.05) is 30.4 Å². The van der Waals surface area contributed by atoms with Gasteiger partial charge < -0.3 is 4.90 Å². The molecule has 2 aromatic carbocycles. The Balaban J connectivity index is 1.78. The van der Waals surface area contributed by atoms with Gasteiger partial charge in [0.25, 0.3) is 0 Å². The maximum absolute atomic E-state index is 4.52. The molecule has 0 unspecified atom stereocenters. The minimum atomic E-state index is 0.989. The molecule has 21 heavy (non-hydrogen) atoms. The molecule has 0 bridgehead atoms. The molecular formula is C19H18N2. The minimum absolute atomic E-state index is 0.989. The number of benzene rings is 2. The molecule has 0 aliphatic carbocycles. The van der Waals surface area contributed by atoms with Gasteiger partial charge in [-0.3, -0.25) is 4.98 Å². The van der Waals surface area contributed by atoms with E-state index in [2.05, 4.69) is 65.3 Å². The van der Waals surface area contributed by atoms with Crippen molar-refractivity contribution in [3.05, 3.63) is 71.4 Å². The largest absolute Gasteiger partial charge is 0.366 e. The van der Waals surface area contributed by atoms with Crippen molar-refractivity contribution in [3.63, 3.8) is 0 Å². The van der Waals surface area contributed by atoms with E-state index in [0.29, 0.717) is 0 Å². The zero-order valence-corrected chi connectivity index (χ0v) is 12.2. The number of hydrogen-bond donors (Lipinski definition) is 0. The van der Waals surface area contributed by atoms with Gasteiger partial charge in [-0.15, -0.1) is 0 Å². The zero-order chi connectivity index (χ0) is 14.2. The normalized spacial score (nSPS) is 14.2. The van der Waals surface area contributed by atoms with Crippen molar-refractivity contribution < 1.29 is 0 Å². The van der Waals surface area contributed by atoms with Crippen molar-refractivity contribution >= 4 is 16.6 Å². The van der Waals surface area contributed by atoms with E-state index < -0.39 is 0 Å². The molecule has 2 heteroatoms. The lowest BCUT2D eigenvalue weighted by Crippen LogP contribution is -2.30. The molecule has 0 amide bonds. The van der Waals surface area contributed by atoms with Gasteiger partial charge in [-0.25, -0.2) is 0 Å². The number of anilines is 1. The Morgan fingerprint density at radius 1 is 1.00 bits per heavy atom. The Morgan fingerprint density at radius 3 is 2.76 bits per heavy atom. The van der Waals surface area contributed by atoms with E-state index in [-0.39, 0.29) is 0 Å². The fourth-order valence-electron chi connectivity index (χ4n) is 3.22. The summed E-state index contributed by atoms with van der Waals surface area (Å²) in [6.07, 6.45) is 3.05. The van der Waals surface area contributed by atoms with Crippen LogP contribution in [0.1, 0.15) is 16.7 Å². The van der Waals surface area contributed by atoms with Gasteiger partial charge in [-0.2, -0.15) is 0 Å². The van der Waals surface area contributed by atoms with Gasteiger partial charge in [-0.05, 0) is 42.2 Å². The van der Waals surface area contributed by atoms with Crippen molar-refractivity contribution in [1.29, 1.82) is 0 Å². The highest BCUT2D eigenvalue weighted by Gasteiger charge is 2.17. The summed E-state index contributed by atoms with van der Waals surface area (Å²) in [5, 5.41) is 1.25. The summed E-state index contributed by atoms with van der Waals surface area (Å²) in [6.45, 7) is 4.18. The van der Waals surface area contributed by atoms with E-state index in [4.69, 9.17) is 0 Å².